The number of nitrogens with one attached hydrogen (secondary N) is 1. The van der Waals surface area contributed by atoms with Crippen LogP contribution in [0.15, 0.2) is 53.3 Å². The van der Waals surface area contributed by atoms with Crippen molar-refractivity contribution in [2.45, 2.75) is 52.5 Å². The molecule has 0 fully saturated rings. The number of benzene rings is 2. The molecule has 0 unspecified atom stereocenters. The molecule has 0 saturated heterocycles. The van der Waals surface area contributed by atoms with Crippen molar-refractivity contribution in [2.75, 3.05) is 0 Å². The molecule has 0 aliphatic rings. The average molecular weight is 406 g/mol. The van der Waals surface area contributed by atoms with Gasteiger partial charge in [-0.3, -0.25) is 9.59 Å². The maximum Gasteiger partial charge on any atom is 0.274 e. The maximum atomic E-state index is 12.9. The molecule has 30 heavy (non-hydrogen) atoms. The number of unbranched alkanes of at least 4 members (excludes halogenated alkanes) is 1. The summed E-state index contributed by atoms with van der Waals surface area (Å²) < 4.78 is 1.31. The van der Waals surface area contributed by atoms with E-state index < -0.39 is 0 Å². The van der Waals surface area contributed by atoms with Crippen LogP contribution in [0.25, 0.3) is 10.8 Å². The lowest BCUT2D eigenvalue weighted by molar-refractivity contribution is -0.121. The molecule has 0 aliphatic heterocycles. The van der Waals surface area contributed by atoms with Gasteiger partial charge in [-0.2, -0.15) is 5.10 Å². The smallest absolute Gasteiger partial charge is 0.274 e. The van der Waals surface area contributed by atoms with E-state index in [2.05, 4.69) is 55.5 Å². The Kier molecular flexibility index (Phi) is 7.03. The summed E-state index contributed by atoms with van der Waals surface area (Å²) in [6.45, 7) is 6.41. The molecule has 5 nitrogen and oxygen atoms in total. The predicted octanol–water partition coefficient (Wildman–Crippen LogP) is 4.33. The highest BCUT2D eigenvalue weighted by molar-refractivity contribution is 5.88. The highest BCUT2D eigenvalue weighted by atomic mass is 16.2. The van der Waals surface area contributed by atoms with Crippen molar-refractivity contribution in [1.82, 2.24) is 15.1 Å². The number of carbonyl (C=O) groups excluding carboxylic acids is 1. The van der Waals surface area contributed by atoms with Gasteiger partial charge in [-0.05, 0) is 36.0 Å². The quantitative estimate of drug-likeness (QED) is 0.607. The summed E-state index contributed by atoms with van der Waals surface area (Å²) in [6, 6.07) is 15.8. The minimum absolute atomic E-state index is 0.0727. The van der Waals surface area contributed by atoms with Crippen molar-refractivity contribution in [3.8, 4) is 0 Å². The Morgan fingerprint density at radius 3 is 2.37 bits per heavy atom. The lowest BCUT2D eigenvalue weighted by atomic mass is 9.94. The third kappa shape index (κ3) is 4.96. The Morgan fingerprint density at radius 1 is 1.07 bits per heavy atom. The summed E-state index contributed by atoms with van der Waals surface area (Å²) in [7, 11) is 1.62. The molecule has 1 aromatic heterocycles. The number of fused-ring (bicyclic) bond motifs is 1. The van der Waals surface area contributed by atoms with Gasteiger partial charge in [0.15, 0.2) is 0 Å². The van der Waals surface area contributed by atoms with E-state index >= 15 is 0 Å². The first kappa shape index (κ1) is 21.8. The van der Waals surface area contributed by atoms with E-state index in [1.807, 2.05) is 18.2 Å². The minimum Gasteiger partial charge on any atom is -0.349 e. The zero-order valence-corrected chi connectivity index (χ0v) is 18.3. The van der Waals surface area contributed by atoms with Crippen molar-refractivity contribution in [3.05, 3.63) is 75.7 Å². The van der Waals surface area contributed by atoms with E-state index in [9.17, 15) is 9.59 Å². The molecule has 1 N–H and O–H groups in total. The van der Waals surface area contributed by atoms with E-state index in [-0.39, 0.29) is 29.8 Å². The molecule has 0 aliphatic carbocycles. The number of aryl methyl sites for hydroxylation is 2. The average Bonchev–Trinajstić information content (AvgIpc) is 2.74. The second-order valence-corrected chi connectivity index (χ2v) is 8.23. The first-order chi connectivity index (χ1) is 14.4. The van der Waals surface area contributed by atoms with Crippen LogP contribution < -0.4 is 10.9 Å². The van der Waals surface area contributed by atoms with Crippen LogP contribution in [0.5, 0.6) is 0 Å². The molecule has 1 heterocycles. The van der Waals surface area contributed by atoms with Gasteiger partial charge in [0, 0.05) is 12.4 Å². The topological polar surface area (TPSA) is 64.0 Å². The van der Waals surface area contributed by atoms with E-state index in [0.717, 1.165) is 17.4 Å². The Bertz CT molecular complexity index is 1070. The lowest BCUT2D eigenvalue weighted by Crippen LogP contribution is -2.33. The van der Waals surface area contributed by atoms with Gasteiger partial charge in [-0.25, -0.2) is 4.68 Å². The van der Waals surface area contributed by atoms with Gasteiger partial charge in [0.25, 0.3) is 5.56 Å². The Hall–Kier alpha value is -2.95. The minimum atomic E-state index is -0.155. The van der Waals surface area contributed by atoms with Crippen molar-refractivity contribution in [2.24, 2.45) is 13.0 Å². The Morgan fingerprint density at radius 2 is 1.73 bits per heavy atom. The molecule has 0 radical (unpaired) electrons. The molecule has 1 atom stereocenters. The largest absolute Gasteiger partial charge is 0.349 e. The van der Waals surface area contributed by atoms with Crippen molar-refractivity contribution < 1.29 is 4.79 Å². The van der Waals surface area contributed by atoms with Crippen LogP contribution >= 0.6 is 0 Å². The fraction of sp³-hybridized carbons (Fsp3) is 0.400. The molecule has 3 rings (SSSR count). The van der Waals surface area contributed by atoms with Crippen LogP contribution in [0.3, 0.4) is 0 Å². The van der Waals surface area contributed by atoms with Crippen LogP contribution in [-0.4, -0.2) is 15.7 Å². The van der Waals surface area contributed by atoms with Gasteiger partial charge in [0.2, 0.25) is 5.91 Å². The van der Waals surface area contributed by atoms with Gasteiger partial charge < -0.3 is 5.32 Å². The molecule has 2 aromatic carbocycles. The number of amides is 1. The molecule has 158 valence electrons. The zero-order chi connectivity index (χ0) is 21.7. The molecule has 0 spiro atoms. The monoisotopic (exact) mass is 405 g/mol. The van der Waals surface area contributed by atoms with Gasteiger partial charge in [-0.1, -0.05) is 69.7 Å². The van der Waals surface area contributed by atoms with Crippen LogP contribution in [-0.2, 0) is 24.7 Å². The first-order valence-electron chi connectivity index (χ1n) is 10.7. The van der Waals surface area contributed by atoms with Crippen LogP contribution in [0.2, 0.25) is 0 Å². The van der Waals surface area contributed by atoms with Gasteiger partial charge in [0.1, 0.15) is 0 Å². The summed E-state index contributed by atoms with van der Waals surface area (Å²) in [5.74, 6) is 0.153. The second-order valence-electron chi connectivity index (χ2n) is 8.23. The summed E-state index contributed by atoms with van der Waals surface area (Å²) in [5, 5.41) is 8.84. The van der Waals surface area contributed by atoms with Gasteiger partial charge in [-0.15, -0.1) is 0 Å². The van der Waals surface area contributed by atoms with Crippen molar-refractivity contribution in [3.63, 3.8) is 0 Å². The van der Waals surface area contributed by atoms with Crippen molar-refractivity contribution >= 4 is 16.7 Å². The number of hydrogen-bond acceptors (Lipinski definition) is 3. The maximum absolute atomic E-state index is 12.9. The summed E-state index contributed by atoms with van der Waals surface area (Å²) in [4.78, 5) is 25.2. The normalized spacial score (nSPS) is 12.3. The van der Waals surface area contributed by atoms with E-state index in [4.69, 9.17) is 0 Å². The number of hydrogen-bond donors (Lipinski definition) is 1. The molecule has 3 aromatic rings. The van der Waals surface area contributed by atoms with E-state index in [1.54, 1.807) is 13.1 Å². The highest BCUT2D eigenvalue weighted by Gasteiger charge is 2.20. The van der Waals surface area contributed by atoms with Gasteiger partial charge >= 0.3 is 0 Å². The summed E-state index contributed by atoms with van der Waals surface area (Å²) in [6.07, 6.45) is 3.58. The van der Waals surface area contributed by atoms with Crippen molar-refractivity contribution in [1.29, 1.82) is 0 Å². The van der Waals surface area contributed by atoms with E-state index in [0.29, 0.717) is 11.1 Å². The Balaban J connectivity index is 1.79. The third-order valence-electron chi connectivity index (χ3n) is 5.50. The zero-order valence-electron chi connectivity index (χ0n) is 18.3. The number of rotatable bonds is 8. The molecular weight excluding hydrogens is 374 g/mol. The third-order valence-corrected chi connectivity index (χ3v) is 5.50. The molecule has 1 amide bonds. The van der Waals surface area contributed by atoms with Crippen LogP contribution in [0.1, 0.15) is 56.5 Å². The second kappa shape index (κ2) is 9.70. The fourth-order valence-corrected chi connectivity index (χ4v) is 3.79. The van der Waals surface area contributed by atoms with E-state index in [1.165, 1.54) is 23.1 Å². The van der Waals surface area contributed by atoms with Crippen LogP contribution in [0, 0.1) is 5.92 Å². The standard InChI is InChI=1S/C25H31N3O2/c1-5-6-9-18-12-14-19(15-13-18)24(17(2)3)26-23(29)16-22-20-10-7-8-11-21(20)25(30)28(4)27-22/h7-8,10-15,17,24H,5-6,9,16H2,1-4H3,(H,26,29)/t24-/m1/s1. The molecular formula is C25H31N3O2. The SMILES string of the molecule is CCCCc1ccc([C@H](NC(=O)Cc2nn(C)c(=O)c3ccccc23)C(C)C)cc1. The number of aromatic nitrogens is 2. The summed E-state index contributed by atoms with van der Waals surface area (Å²) >= 11 is 0. The first-order valence-corrected chi connectivity index (χ1v) is 10.7. The molecule has 5 heteroatoms. The van der Waals surface area contributed by atoms with Gasteiger partial charge in [0.05, 0.1) is 23.5 Å². The molecule has 0 saturated carbocycles. The lowest BCUT2D eigenvalue weighted by Gasteiger charge is -2.23. The van der Waals surface area contributed by atoms with Crippen LogP contribution in [0.4, 0.5) is 0 Å². The highest BCUT2D eigenvalue weighted by Crippen LogP contribution is 2.23. The Labute approximate surface area is 178 Å². The fourth-order valence-electron chi connectivity index (χ4n) is 3.79. The molecule has 0 bridgehead atoms. The number of carbonyl (C=O) groups is 1. The summed E-state index contributed by atoms with van der Waals surface area (Å²) in [5.41, 5.74) is 2.90. The predicted molar refractivity (Wildman–Crippen MR) is 121 cm³/mol. The number of nitrogens with zero attached hydrogens (tertiary/aromatic N) is 2.